The number of aliphatic carboxylic acids is 1. The van der Waals surface area contributed by atoms with Crippen molar-refractivity contribution in [1.29, 1.82) is 0 Å². The van der Waals surface area contributed by atoms with Crippen LogP contribution in [0.15, 0.2) is 0 Å². The maximum Gasteiger partial charge on any atom is 0.303 e. The van der Waals surface area contributed by atoms with E-state index in [1.807, 2.05) is 47.1 Å². The quantitative estimate of drug-likeness (QED) is 0.215. The second kappa shape index (κ2) is 69.5. The lowest BCUT2D eigenvalue weighted by atomic mass is 10.4. The normalized spacial score (nSPS) is 8.28. The average molecular weight is 678 g/mol. The minimum atomic E-state index is -0.745. The van der Waals surface area contributed by atoms with Crippen LogP contribution in [0.2, 0.25) is 0 Å². The Hall–Kier alpha value is -2.20. The lowest BCUT2D eigenvalue weighted by Crippen LogP contribution is -2.21. The minimum Gasteiger partial charge on any atom is -0.481 e. The molecular formula is C32H79N5O9. The van der Waals surface area contributed by atoms with E-state index in [1.54, 1.807) is 61.3 Å². The van der Waals surface area contributed by atoms with Gasteiger partial charge in [-0.3, -0.25) is 14.4 Å². The number of amides is 2. The highest BCUT2D eigenvalue weighted by atomic mass is 16.6. The number of methoxy groups -OCH3 is 4. The monoisotopic (exact) mass is 678 g/mol. The fourth-order valence-corrected chi connectivity index (χ4v) is 1.27. The Bertz CT molecular complexity index is 520. The summed E-state index contributed by atoms with van der Waals surface area (Å²) in [6.07, 6.45) is 1.27. The van der Waals surface area contributed by atoms with Crippen molar-refractivity contribution in [3.63, 3.8) is 0 Å². The maximum atomic E-state index is 10.4. The molecule has 14 nitrogen and oxygen atoms in total. The number of hydrogen-bond donors (Lipinski definition) is 3. The highest BCUT2D eigenvalue weighted by Crippen LogP contribution is 1.82. The Labute approximate surface area is 284 Å². The summed E-state index contributed by atoms with van der Waals surface area (Å²) in [5.74, 6) is -0.644. The van der Waals surface area contributed by atoms with Gasteiger partial charge in [-0.25, -0.2) is 0 Å². The van der Waals surface area contributed by atoms with E-state index in [0.717, 1.165) is 0 Å². The van der Waals surface area contributed by atoms with Crippen molar-refractivity contribution >= 4 is 23.6 Å². The fourth-order valence-electron chi connectivity index (χ4n) is 1.27. The zero-order valence-corrected chi connectivity index (χ0v) is 33.5. The number of carboxylic acids is 1. The van der Waals surface area contributed by atoms with Crippen molar-refractivity contribution in [3.05, 3.63) is 0 Å². The molecule has 0 aliphatic rings. The number of carbonyl (C=O) groups is 4. The van der Waals surface area contributed by atoms with Crippen LogP contribution in [-0.2, 0) is 38.1 Å². The Morgan fingerprint density at radius 1 is 0.652 bits per heavy atom. The molecule has 0 unspecified atom stereocenters. The predicted octanol–water partition coefficient (Wildman–Crippen LogP) is 3.32. The molecule has 0 aliphatic heterocycles. The van der Waals surface area contributed by atoms with Crippen molar-refractivity contribution in [2.75, 3.05) is 117 Å². The Kier molecular flexibility index (Phi) is 100. The second-order valence-corrected chi connectivity index (χ2v) is 9.26. The zero-order valence-electron chi connectivity index (χ0n) is 33.5. The van der Waals surface area contributed by atoms with Gasteiger partial charge in [0.05, 0.1) is 13.2 Å². The number of primary amides is 1. The number of nitrogens with zero attached hydrogens (tertiary/aromatic N) is 3. The number of hydrogen-bond acceptors (Lipinski definition) is 11. The number of carboxylic acid groups (broad SMARTS) is 1. The third-order valence-electron chi connectivity index (χ3n) is 3.52. The van der Waals surface area contributed by atoms with Gasteiger partial charge < -0.3 is 54.6 Å². The number of nitrogens with one attached hydrogen (secondary N) is 1. The summed E-state index contributed by atoms with van der Waals surface area (Å²) in [5.41, 5.74) is 4.65. The zero-order chi connectivity index (χ0) is 38.9. The SMILES string of the molecule is CC(C)=O.CCC(=O)N(C)C.CCC(=O)O.CCC(N)=O.CCN(CC)CC.CN(C)C.CNC.COCCOC.COCOC. The molecular weight excluding hydrogens is 598 g/mol. The van der Waals surface area contributed by atoms with Gasteiger partial charge in [0.15, 0.2) is 0 Å². The van der Waals surface area contributed by atoms with Crippen LogP contribution < -0.4 is 11.1 Å². The van der Waals surface area contributed by atoms with E-state index >= 15 is 0 Å². The molecule has 0 saturated heterocycles. The van der Waals surface area contributed by atoms with Crippen molar-refractivity contribution in [2.45, 2.75) is 74.7 Å². The van der Waals surface area contributed by atoms with E-state index in [-0.39, 0.29) is 24.0 Å². The fraction of sp³-hybridized carbons (Fsp3) is 0.875. The molecule has 0 aromatic heterocycles. The molecule has 46 heavy (non-hydrogen) atoms. The number of ether oxygens (including phenoxy) is 4. The lowest BCUT2D eigenvalue weighted by molar-refractivity contribution is -0.136. The van der Waals surface area contributed by atoms with Crippen molar-refractivity contribution in [2.24, 2.45) is 5.73 Å². The number of nitrogens with two attached hydrogens (primary N) is 1. The Morgan fingerprint density at radius 2 is 0.891 bits per heavy atom. The summed E-state index contributed by atoms with van der Waals surface area (Å²) < 4.78 is 18.3. The van der Waals surface area contributed by atoms with Gasteiger partial charge in [-0.1, -0.05) is 41.5 Å². The predicted molar refractivity (Wildman–Crippen MR) is 193 cm³/mol. The van der Waals surface area contributed by atoms with Gasteiger partial charge in [0.2, 0.25) is 11.8 Å². The molecule has 0 rings (SSSR count). The third-order valence-corrected chi connectivity index (χ3v) is 3.52. The van der Waals surface area contributed by atoms with E-state index < -0.39 is 5.97 Å². The van der Waals surface area contributed by atoms with Crippen LogP contribution in [0.5, 0.6) is 0 Å². The van der Waals surface area contributed by atoms with Gasteiger partial charge in [0.25, 0.3) is 0 Å². The average Bonchev–Trinajstić information content (AvgIpc) is 2.98. The molecule has 0 saturated carbocycles. The van der Waals surface area contributed by atoms with Crippen molar-refractivity contribution < 1.29 is 43.2 Å². The number of rotatable bonds is 11. The summed E-state index contributed by atoms with van der Waals surface area (Å²) in [7, 11) is 19.7. The highest BCUT2D eigenvalue weighted by Gasteiger charge is 1.95. The van der Waals surface area contributed by atoms with E-state index in [4.69, 9.17) is 5.11 Å². The van der Waals surface area contributed by atoms with Crippen LogP contribution in [-0.4, -0.2) is 161 Å². The number of ketones is 1. The van der Waals surface area contributed by atoms with Crippen molar-refractivity contribution in [1.82, 2.24) is 20.0 Å². The van der Waals surface area contributed by atoms with Crippen LogP contribution in [0.4, 0.5) is 0 Å². The summed E-state index contributed by atoms with van der Waals surface area (Å²) >= 11 is 0. The third kappa shape index (κ3) is 197. The highest BCUT2D eigenvalue weighted by molar-refractivity contribution is 5.75. The molecule has 0 atom stereocenters. The van der Waals surface area contributed by atoms with Gasteiger partial charge in [-0.15, -0.1) is 0 Å². The van der Waals surface area contributed by atoms with E-state index in [9.17, 15) is 19.2 Å². The number of Topliss-reactive ketones (excluding diaryl/α,β-unsaturated/α-hetero) is 1. The summed E-state index contributed by atoms with van der Waals surface area (Å²) in [6.45, 7) is 20.1. The first-order valence-electron chi connectivity index (χ1n) is 15.3. The van der Waals surface area contributed by atoms with Gasteiger partial charge in [-0.05, 0) is 68.7 Å². The Balaban J connectivity index is -0.0000000484. The topological polar surface area (TPSA) is 173 Å². The first-order chi connectivity index (χ1) is 21.3. The molecule has 2 amide bonds. The van der Waals surface area contributed by atoms with Crippen LogP contribution >= 0.6 is 0 Å². The minimum absolute atomic E-state index is 0.167. The largest absolute Gasteiger partial charge is 0.481 e. The molecule has 0 aromatic carbocycles. The molecule has 0 bridgehead atoms. The smallest absolute Gasteiger partial charge is 0.303 e. The molecule has 0 aliphatic carbocycles. The molecule has 14 heteroatoms. The summed E-state index contributed by atoms with van der Waals surface area (Å²) in [5, 5.41) is 10.5. The van der Waals surface area contributed by atoms with E-state index in [0.29, 0.717) is 32.8 Å². The Morgan fingerprint density at radius 3 is 0.913 bits per heavy atom. The lowest BCUT2D eigenvalue weighted by Gasteiger charge is -2.13. The van der Waals surface area contributed by atoms with Crippen molar-refractivity contribution in [3.8, 4) is 0 Å². The van der Waals surface area contributed by atoms with E-state index in [1.165, 1.54) is 33.5 Å². The summed E-state index contributed by atoms with van der Waals surface area (Å²) in [4.78, 5) is 44.8. The molecule has 0 aromatic rings. The van der Waals surface area contributed by atoms with Gasteiger partial charge >= 0.3 is 5.97 Å². The molecule has 0 spiro atoms. The van der Waals surface area contributed by atoms with Crippen LogP contribution in [0.1, 0.15) is 74.7 Å². The maximum absolute atomic E-state index is 10.4. The standard InChI is InChI=1S/C6H15N.C5H11NO.C4H10O2.C3H7NO.C3H9N.C3H8O2.C3H6O2.C3H6O.C2H7N/c1-4-7(5-2)6-3;1-4-5(7)6(2)3;1-5-3-4-6-2;1-2-3(4)5;1-4(2)3;1-4-3-5-2;1-2-3(4)5;1-3(2)4;1-3-2/h4-6H2,1-3H3;4H2,1-3H3;3-4H2,1-2H3;2H2,1H3,(H2,4,5);1-3H3;3H2,1-2H3;2H2,1H3,(H,4,5);1-2H3;3H,1-2H3. The second-order valence-electron chi connectivity index (χ2n) is 9.26. The molecule has 4 N–H and O–H groups in total. The molecule has 0 radical (unpaired) electrons. The van der Waals surface area contributed by atoms with Gasteiger partial charge in [0.1, 0.15) is 12.6 Å². The summed E-state index contributed by atoms with van der Waals surface area (Å²) in [6, 6.07) is 0. The van der Waals surface area contributed by atoms with Crippen LogP contribution in [0.3, 0.4) is 0 Å². The van der Waals surface area contributed by atoms with Crippen LogP contribution in [0.25, 0.3) is 0 Å². The van der Waals surface area contributed by atoms with E-state index in [2.05, 4.69) is 55.7 Å². The van der Waals surface area contributed by atoms with Gasteiger partial charge in [0, 0.05) is 61.8 Å². The first kappa shape index (κ1) is 66.3. The molecule has 286 valence electrons. The number of carbonyl (C=O) groups excluding carboxylic acids is 3. The molecule has 0 fully saturated rings. The first-order valence-corrected chi connectivity index (χ1v) is 15.3. The molecule has 0 heterocycles. The van der Waals surface area contributed by atoms with Crippen LogP contribution in [0, 0.1) is 0 Å². The van der Waals surface area contributed by atoms with Gasteiger partial charge in [-0.2, -0.15) is 0 Å².